The van der Waals surface area contributed by atoms with Crippen molar-refractivity contribution in [2.45, 2.75) is 6.42 Å². The van der Waals surface area contributed by atoms with Gasteiger partial charge in [-0.2, -0.15) is 0 Å². The minimum atomic E-state index is -0.377. The van der Waals surface area contributed by atoms with Crippen molar-refractivity contribution in [1.82, 2.24) is 10.9 Å². The fourth-order valence-electron chi connectivity index (χ4n) is 1.72. The summed E-state index contributed by atoms with van der Waals surface area (Å²) in [5, 5.41) is 9.32. The lowest BCUT2D eigenvalue weighted by Gasteiger charge is -2.08. The average molecular weight is 396 g/mol. The first-order valence-corrected chi connectivity index (χ1v) is 7.25. The molecule has 0 aliphatic rings. The van der Waals surface area contributed by atoms with E-state index in [2.05, 4.69) is 33.4 Å². The number of benzene rings is 2. The molecule has 0 radical (unpaired) electrons. The van der Waals surface area contributed by atoms with Gasteiger partial charge in [-0.3, -0.25) is 20.4 Å². The van der Waals surface area contributed by atoms with Crippen LogP contribution in [0.25, 0.3) is 0 Å². The van der Waals surface area contributed by atoms with Gasteiger partial charge in [-0.1, -0.05) is 18.2 Å². The molecule has 6 heteroatoms. The predicted molar refractivity (Wildman–Crippen MR) is 86.6 cm³/mol. The van der Waals surface area contributed by atoms with Gasteiger partial charge in [-0.25, -0.2) is 0 Å². The van der Waals surface area contributed by atoms with Crippen LogP contribution in [0.1, 0.15) is 15.9 Å². The summed E-state index contributed by atoms with van der Waals surface area (Å²) in [7, 11) is 0. The topological polar surface area (TPSA) is 78.4 Å². The van der Waals surface area contributed by atoms with E-state index in [0.717, 1.165) is 3.57 Å². The van der Waals surface area contributed by atoms with Crippen LogP contribution in [-0.4, -0.2) is 16.9 Å². The van der Waals surface area contributed by atoms with Crippen LogP contribution in [0.4, 0.5) is 0 Å². The fourth-order valence-corrected chi connectivity index (χ4v) is 2.27. The maximum Gasteiger partial charge on any atom is 0.269 e. The number of amides is 2. The van der Waals surface area contributed by atoms with Crippen molar-refractivity contribution in [3.05, 3.63) is 63.2 Å². The Kier molecular flexibility index (Phi) is 5.15. The van der Waals surface area contributed by atoms with Crippen molar-refractivity contribution in [1.29, 1.82) is 0 Å². The molecule has 0 aliphatic carbocycles. The lowest BCUT2D eigenvalue weighted by molar-refractivity contribution is -0.121. The molecule has 5 nitrogen and oxygen atoms in total. The first-order chi connectivity index (χ1) is 10.0. The summed E-state index contributed by atoms with van der Waals surface area (Å²) in [6.45, 7) is 0. The molecule has 2 rings (SSSR count). The SMILES string of the molecule is O=C(Cc1cccc(O)c1)NNC(=O)c1cccc(I)c1. The number of aromatic hydroxyl groups is 1. The van der Waals surface area contributed by atoms with Crippen molar-refractivity contribution in [2.24, 2.45) is 0 Å². The monoisotopic (exact) mass is 396 g/mol. The van der Waals surface area contributed by atoms with Gasteiger partial charge >= 0.3 is 0 Å². The Morgan fingerprint density at radius 1 is 1.05 bits per heavy atom. The number of carbonyl (C=O) groups is 2. The van der Waals surface area contributed by atoms with Crippen molar-refractivity contribution >= 4 is 34.4 Å². The van der Waals surface area contributed by atoms with E-state index in [1.54, 1.807) is 30.3 Å². The van der Waals surface area contributed by atoms with Gasteiger partial charge in [-0.05, 0) is 58.5 Å². The second-order valence-corrected chi connectivity index (χ2v) is 5.60. The fraction of sp³-hybridized carbons (Fsp3) is 0.0667. The number of carbonyl (C=O) groups excluding carboxylic acids is 2. The van der Waals surface area contributed by atoms with E-state index in [9.17, 15) is 14.7 Å². The van der Waals surface area contributed by atoms with Crippen LogP contribution in [0.5, 0.6) is 5.75 Å². The average Bonchev–Trinajstić information content (AvgIpc) is 2.45. The van der Waals surface area contributed by atoms with E-state index in [1.165, 1.54) is 12.1 Å². The molecule has 0 aromatic heterocycles. The third-order valence-corrected chi connectivity index (χ3v) is 3.35. The van der Waals surface area contributed by atoms with E-state index in [0.29, 0.717) is 11.1 Å². The van der Waals surface area contributed by atoms with Gasteiger partial charge in [0.05, 0.1) is 6.42 Å². The summed E-state index contributed by atoms with van der Waals surface area (Å²) in [5.41, 5.74) is 5.84. The number of phenolic OH excluding ortho intramolecular Hbond substituents is 1. The van der Waals surface area contributed by atoms with Crippen molar-refractivity contribution in [2.75, 3.05) is 0 Å². The lowest BCUT2D eigenvalue weighted by Crippen LogP contribution is -2.42. The van der Waals surface area contributed by atoms with Crippen molar-refractivity contribution in [3.63, 3.8) is 0 Å². The molecule has 0 heterocycles. The Morgan fingerprint density at radius 3 is 2.52 bits per heavy atom. The Morgan fingerprint density at radius 2 is 1.81 bits per heavy atom. The molecule has 2 aromatic carbocycles. The van der Waals surface area contributed by atoms with Gasteiger partial charge < -0.3 is 5.11 Å². The number of halogens is 1. The Balaban J connectivity index is 1.88. The molecule has 0 spiro atoms. The van der Waals surface area contributed by atoms with Gasteiger partial charge in [0.15, 0.2) is 0 Å². The number of rotatable bonds is 3. The second-order valence-electron chi connectivity index (χ2n) is 4.36. The van der Waals surface area contributed by atoms with E-state index in [4.69, 9.17) is 0 Å². The molecule has 2 aromatic rings. The molecular formula is C15H13IN2O3. The zero-order valence-electron chi connectivity index (χ0n) is 11.0. The molecular weight excluding hydrogens is 383 g/mol. The maximum atomic E-state index is 11.8. The number of phenols is 1. The summed E-state index contributed by atoms with van der Waals surface area (Å²) >= 11 is 2.11. The summed E-state index contributed by atoms with van der Waals surface area (Å²) < 4.78 is 0.936. The first kappa shape index (κ1) is 15.3. The highest BCUT2D eigenvalue weighted by atomic mass is 127. The largest absolute Gasteiger partial charge is 0.508 e. The van der Waals surface area contributed by atoms with E-state index >= 15 is 0 Å². The molecule has 0 bridgehead atoms. The molecule has 0 aliphatic heterocycles. The van der Waals surface area contributed by atoms with Gasteiger partial charge in [0.1, 0.15) is 5.75 Å². The zero-order chi connectivity index (χ0) is 15.2. The van der Waals surface area contributed by atoms with Gasteiger partial charge in [0, 0.05) is 9.13 Å². The summed E-state index contributed by atoms with van der Waals surface area (Å²) in [6, 6.07) is 13.4. The minimum absolute atomic E-state index is 0.0704. The Hall–Kier alpha value is -2.09. The molecule has 3 N–H and O–H groups in total. The Bertz CT molecular complexity index is 673. The normalized spacial score (nSPS) is 9.95. The van der Waals surface area contributed by atoms with Crippen LogP contribution >= 0.6 is 22.6 Å². The molecule has 0 atom stereocenters. The zero-order valence-corrected chi connectivity index (χ0v) is 13.1. The lowest BCUT2D eigenvalue weighted by atomic mass is 10.1. The van der Waals surface area contributed by atoms with Crippen molar-refractivity contribution < 1.29 is 14.7 Å². The Labute approximate surface area is 135 Å². The number of hydrogen-bond acceptors (Lipinski definition) is 3. The molecule has 0 unspecified atom stereocenters. The van der Waals surface area contributed by atoms with Crippen molar-refractivity contribution in [3.8, 4) is 5.75 Å². The van der Waals surface area contributed by atoms with Crippen LogP contribution in [0, 0.1) is 3.57 Å². The molecule has 0 saturated heterocycles. The van der Waals surface area contributed by atoms with Crippen LogP contribution < -0.4 is 10.9 Å². The highest BCUT2D eigenvalue weighted by Gasteiger charge is 2.08. The van der Waals surface area contributed by atoms with Crippen LogP contribution in [0.15, 0.2) is 48.5 Å². The number of nitrogens with one attached hydrogen (secondary N) is 2. The minimum Gasteiger partial charge on any atom is -0.508 e. The standard InChI is InChI=1S/C15H13IN2O3/c16-12-5-2-4-11(9-12)15(21)18-17-14(20)8-10-3-1-6-13(19)7-10/h1-7,9,19H,8H2,(H,17,20)(H,18,21). The molecule has 108 valence electrons. The third kappa shape index (κ3) is 4.75. The highest BCUT2D eigenvalue weighted by molar-refractivity contribution is 14.1. The third-order valence-electron chi connectivity index (χ3n) is 2.68. The predicted octanol–water partition coefficient (Wildman–Crippen LogP) is 2.00. The van der Waals surface area contributed by atoms with Crippen LogP contribution in [-0.2, 0) is 11.2 Å². The van der Waals surface area contributed by atoms with E-state index in [-0.39, 0.29) is 24.0 Å². The van der Waals surface area contributed by atoms with Gasteiger partial charge in [-0.15, -0.1) is 0 Å². The number of hydrazine groups is 1. The maximum absolute atomic E-state index is 11.8. The molecule has 2 amide bonds. The van der Waals surface area contributed by atoms with E-state index < -0.39 is 0 Å². The van der Waals surface area contributed by atoms with E-state index in [1.807, 2.05) is 6.07 Å². The highest BCUT2D eigenvalue weighted by Crippen LogP contribution is 2.11. The summed E-state index contributed by atoms with van der Waals surface area (Å²) in [5.74, 6) is -0.638. The summed E-state index contributed by atoms with van der Waals surface area (Å²) in [4.78, 5) is 23.6. The summed E-state index contributed by atoms with van der Waals surface area (Å²) in [6.07, 6.45) is 0.0704. The quantitative estimate of drug-likeness (QED) is 0.549. The molecule has 0 saturated carbocycles. The first-order valence-electron chi connectivity index (χ1n) is 6.17. The van der Waals surface area contributed by atoms with Gasteiger partial charge in [0.25, 0.3) is 5.91 Å². The second kappa shape index (κ2) is 7.07. The van der Waals surface area contributed by atoms with Crippen LogP contribution in [0.2, 0.25) is 0 Å². The smallest absolute Gasteiger partial charge is 0.269 e. The van der Waals surface area contributed by atoms with Crippen LogP contribution in [0.3, 0.4) is 0 Å². The molecule has 0 fully saturated rings. The van der Waals surface area contributed by atoms with Gasteiger partial charge in [0.2, 0.25) is 5.91 Å². The number of hydrogen-bond donors (Lipinski definition) is 3. The molecule has 21 heavy (non-hydrogen) atoms.